The molecule has 0 spiro atoms. The topological polar surface area (TPSA) is 41.1 Å². The lowest BCUT2D eigenvalue weighted by Gasteiger charge is -2.33. The molecule has 3 nitrogen and oxygen atoms in total. The predicted molar refractivity (Wildman–Crippen MR) is 74.8 cm³/mol. The van der Waals surface area contributed by atoms with Crippen molar-refractivity contribution in [1.82, 2.24) is 10.6 Å². The first kappa shape index (κ1) is 16.6. The second-order valence-electron chi connectivity index (χ2n) is 6.29. The lowest BCUT2D eigenvalue weighted by Crippen LogP contribution is -2.48. The molecule has 2 fully saturated rings. The smallest absolute Gasteiger partial charge is 0.353 e. The molecule has 1 heterocycles. The van der Waals surface area contributed by atoms with Gasteiger partial charge in [-0.05, 0) is 38.6 Å². The molecule has 1 aliphatic heterocycles. The van der Waals surface area contributed by atoms with Gasteiger partial charge in [-0.1, -0.05) is 19.3 Å². The molecule has 0 aromatic carbocycles. The summed E-state index contributed by atoms with van der Waals surface area (Å²) in [7, 11) is 0. The van der Waals surface area contributed by atoms with Crippen LogP contribution in [0.5, 0.6) is 0 Å². The van der Waals surface area contributed by atoms with Gasteiger partial charge in [-0.3, -0.25) is 4.79 Å². The minimum atomic E-state index is -4.21. The molecule has 0 aromatic rings. The Morgan fingerprint density at radius 1 is 1.10 bits per heavy atom. The highest BCUT2D eigenvalue weighted by Crippen LogP contribution is 2.37. The minimum Gasteiger partial charge on any atom is -0.353 e. The summed E-state index contributed by atoms with van der Waals surface area (Å²) in [5.41, 5.74) is 0. The van der Waals surface area contributed by atoms with Crippen molar-refractivity contribution in [3.8, 4) is 0 Å². The lowest BCUT2D eigenvalue weighted by atomic mass is 9.84. The molecule has 0 bridgehead atoms. The molecule has 1 amide bonds. The summed E-state index contributed by atoms with van der Waals surface area (Å²) in [6, 6.07) is -0.389. The molecule has 21 heavy (non-hydrogen) atoms. The molecule has 2 aliphatic rings. The number of hydrogen-bond acceptors (Lipinski definition) is 2. The van der Waals surface area contributed by atoms with Crippen molar-refractivity contribution < 1.29 is 18.0 Å². The van der Waals surface area contributed by atoms with E-state index in [2.05, 4.69) is 10.6 Å². The molecule has 6 heteroatoms. The highest BCUT2D eigenvalue weighted by atomic mass is 19.4. The van der Waals surface area contributed by atoms with Crippen LogP contribution in [0.3, 0.4) is 0 Å². The van der Waals surface area contributed by atoms with E-state index >= 15 is 0 Å². The van der Waals surface area contributed by atoms with E-state index in [1.165, 1.54) is 0 Å². The van der Waals surface area contributed by atoms with E-state index in [-0.39, 0.29) is 12.3 Å². The predicted octanol–water partition coefficient (Wildman–Crippen LogP) is 3.15. The number of alkyl halides is 3. The number of rotatable bonds is 4. The summed E-state index contributed by atoms with van der Waals surface area (Å²) in [4.78, 5) is 11.9. The van der Waals surface area contributed by atoms with Crippen LogP contribution in [-0.2, 0) is 4.79 Å². The van der Waals surface area contributed by atoms with E-state index in [0.29, 0.717) is 25.3 Å². The van der Waals surface area contributed by atoms with Gasteiger partial charge in [-0.2, -0.15) is 13.2 Å². The summed E-state index contributed by atoms with van der Waals surface area (Å²) in [5.74, 6) is -1.61. The van der Waals surface area contributed by atoms with Crippen molar-refractivity contribution >= 4 is 5.91 Å². The van der Waals surface area contributed by atoms with Crippen LogP contribution in [0.15, 0.2) is 0 Å². The molecule has 1 saturated heterocycles. The Labute approximate surface area is 124 Å². The van der Waals surface area contributed by atoms with Crippen LogP contribution >= 0.6 is 0 Å². The van der Waals surface area contributed by atoms with Gasteiger partial charge in [-0.25, -0.2) is 0 Å². The zero-order valence-corrected chi connectivity index (χ0v) is 12.3. The molecule has 0 aromatic heterocycles. The molecule has 1 aliphatic carbocycles. The number of carbonyl (C=O) groups excluding carboxylic acids is 1. The maximum Gasteiger partial charge on any atom is 0.393 e. The highest BCUT2D eigenvalue weighted by Gasteiger charge is 2.45. The lowest BCUT2D eigenvalue weighted by molar-refractivity contribution is -0.189. The standard InChI is InChI=1S/C15H25F3N2O/c16-15(17,18)12-6-1-2-7-13(12)20-14(21)9-8-11-5-3-4-10-19-11/h11-13,19H,1-10H2,(H,20,21). The van der Waals surface area contributed by atoms with Crippen molar-refractivity contribution in [2.24, 2.45) is 5.92 Å². The fraction of sp³-hybridized carbons (Fsp3) is 0.933. The van der Waals surface area contributed by atoms with Crippen molar-refractivity contribution in [1.29, 1.82) is 0 Å². The molecule has 3 unspecified atom stereocenters. The zero-order chi connectivity index (χ0) is 15.3. The van der Waals surface area contributed by atoms with Gasteiger partial charge in [0.1, 0.15) is 0 Å². The third-order valence-electron chi connectivity index (χ3n) is 4.67. The zero-order valence-electron chi connectivity index (χ0n) is 12.3. The largest absolute Gasteiger partial charge is 0.393 e. The molecular formula is C15H25F3N2O. The highest BCUT2D eigenvalue weighted by molar-refractivity contribution is 5.76. The van der Waals surface area contributed by atoms with Crippen molar-refractivity contribution in [2.75, 3.05) is 6.54 Å². The Kier molecular flexibility index (Phi) is 5.90. The average molecular weight is 306 g/mol. The van der Waals surface area contributed by atoms with E-state index in [9.17, 15) is 18.0 Å². The van der Waals surface area contributed by atoms with Crippen molar-refractivity contribution in [3.05, 3.63) is 0 Å². The van der Waals surface area contributed by atoms with Gasteiger partial charge < -0.3 is 10.6 Å². The molecular weight excluding hydrogens is 281 g/mol. The molecule has 2 N–H and O–H groups in total. The van der Waals surface area contributed by atoms with Gasteiger partial charge in [0.25, 0.3) is 0 Å². The van der Waals surface area contributed by atoms with E-state index in [0.717, 1.165) is 38.6 Å². The summed E-state index contributed by atoms with van der Waals surface area (Å²) >= 11 is 0. The Morgan fingerprint density at radius 3 is 2.48 bits per heavy atom. The van der Waals surface area contributed by atoms with Crippen molar-refractivity contribution in [3.63, 3.8) is 0 Å². The molecule has 0 radical (unpaired) electrons. The van der Waals surface area contributed by atoms with Crippen LogP contribution in [0, 0.1) is 5.92 Å². The fourth-order valence-electron chi connectivity index (χ4n) is 3.45. The first-order chi connectivity index (χ1) is 9.97. The maximum atomic E-state index is 13.0. The third-order valence-corrected chi connectivity index (χ3v) is 4.67. The summed E-state index contributed by atoms with van der Waals surface area (Å²) in [5, 5.41) is 5.98. The third kappa shape index (κ3) is 5.16. The molecule has 1 saturated carbocycles. The van der Waals surface area contributed by atoms with Crippen LogP contribution in [-0.4, -0.2) is 30.7 Å². The monoisotopic (exact) mass is 306 g/mol. The van der Waals surface area contributed by atoms with Crippen LogP contribution in [0.1, 0.15) is 57.8 Å². The van der Waals surface area contributed by atoms with Gasteiger partial charge in [0.15, 0.2) is 0 Å². The van der Waals surface area contributed by atoms with Gasteiger partial charge in [0, 0.05) is 18.5 Å². The van der Waals surface area contributed by atoms with Gasteiger partial charge in [0.2, 0.25) is 5.91 Å². The Bertz CT molecular complexity index is 340. The first-order valence-electron chi connectivity index (χ1n) is 8.06. The summed E-state index contributed by atoms with van der Waals surface area (Å²) in [6.45, 7) is 0.977. The SMILES string of the molecule is O=C(CCC1CCCCN1)NC1CCCCC1C(F)(F)F. The second kappa shape index (κ2) is 7.47. The van der Waals surface area contributed by atoms with Crippen LogP contribution in [0.2, 0.25) is 0 Å². The maximum absolute atomic E-state index is 13.0. The first-order valence-corrected chi connectivity index (χ1v) is 8.06. The Hall–Kier alpha value is -0.780. The Morgan fingerprint density at radius 2 is 1.81 bits per heavy atom. The van der Waals surface area contributed by atoms with Crippen LogP contribution < -0.4 is 10.6 Å². The van der Waals surface area contributed by atoms with E-state index in [1.54, 1.807) is 0 Å². The van der Waals surface area contributed by atoms with Crippen molar-refractivity contribution in [2.45, 2.75) is 76.0 Å². The van der Waals surface area contributed by atoms with Gasteiger partial charge in [-0.15, -0.1) is 0 Å². The number of carbonyl (C=O) groups is 1. The summed E-state index contributed by atoms with van der Waals surface area (Å²) in [6.07, 6.45) is 2.16. The molecule has 2 rings (SSSR count). The van der Waals surface area contributed by atoms with Gasteiger partial charge in [0.05, 0.1) is 5.92 Å². The second-order valence-corrected chi connectivity index (χ2v) is 6.29. The number of hydrogen-bond donors (Lipinski definition) is 2. The number of halogens is 3. The van der Waals surface area contributed by atoms with E-state index < -0.39 is 18.1 Å². The number of amides is 1. The Balaban J connectivity index is 1.77. The fourth-order valence-corrected chi connectivity index (χ4v) is 3.45. The van der Waals surface area contributed by atoms with E-state index in [1.807, 2.05) is 0 Å². The quantitative estimate of drug-likeness (QED) is 0.838. The van der Waals surface area contributed by atoms with Crippen LogP contribution in [0.25, 0.3) is 0 Å². The van der Waals surface area contributed by atoms with Gasteiger partial charge >= 0.3 is 6.18 Å². The minimum absolute atomic E-state index is 0.138. The number of nitrogens with one attached hydrogen (secondary N) is 2. The normalized spacial score (nSPS) is 30.9. The van der Waals surface area contributed by atoms with E-state index in [4.69, 9.17) is 0 Å². The molecule has 3 atom stereocenters. The van der Waals surface area contributed by atoms with Crippen LogP contribution in [0.4, 0.5) is 13.2 Å². The average Bonchev–Trinajstić information content (AvgIpc) is 2.46. The molecule has 122 valence electrons. The summed E-state index contributed by atoms with van der Waals surface area (Å²) < 4.78 is 38.9. The number of piperidine rings is 1.